The molecule has 0 aliphatic carbocycles. The van der Waals surface area contributed by atoms with Crippen molar-refractivity contribution in [1.82, 2.24) is 4.57 Å². The Balaban J connectivity index is 2.00. The molecule has 0 aliphatic rings. The van der Waals surface area contributed by atoms with Crippen LogP contribution in [0.1, 0.15) is 12.0 Å². The largest absolute Gasteiger partial charge is 0.399 e. The van der Waals surface area contributed by atoms with Gasteiger partial charge in [0.05, 0.1) is 4.47 Å². The van der Waals surface area contributed by atoms with E-state index in [1.807, 2.05) is 30.5 Å². The van der Waals surface area contributed by atoms with Crippen LogP contribution in [0.3, 0.4) is 0 Å². The summed E-state index contributed by atoms with van der Waals surface area (Å²) in [6, 6.07) is 9.61. The Bertz CT molecular complexity index is 620. The third-order valence-corrected chi connectivity index (χ3v) is 3.85. The summed E-state index contributed by atoms with van der Waals surface area (Å²) in [4.78, 5) is 11.9. The normalized spacial score (nSPS) is 10.6. The monoisotopic (exact) mass is 384 g/mol. The molecule has 100 valence electrons. The summed E-state index contributed by atoms with van der Waals surface area (Å²) in [5.41, 5.74) is 7.65. The van der Waals surface area contributed by atoms with Gasteiger partial charge in [-0.15, -0.1) is 0 Å². The minimum Gasteiger partial charge on any atom is -0.399 e. The number of anilines is 1. The van der Waals surface area contributed by atoms with Crippen molar-refractivity contribution in [3.63, 3.8) is 0 Å². The Labute approximate surface area is 128 Å². The number of nitrogens with two attached hydrogens (primary N) is 1. The second-order valence-corrected chi connectivity index (χ2v) is 6.12. The molecule has 1 aromatic carbocycles. The molecule has 2 rings (SSSR count). The van der Waals surface area contributed by atoms with E-state index in [0.717, 1.165) is 23.0 Å². The van der Waals surface area contributed by atoms with E-state index < -0.39 is 0 Å². The highest BCUT2D eigenvalue weighted by Gasteiger charge is 2.03. The lowest BCUT2D eigenvalue weighted by Crippen LogP contribution is -2.20. The van der Waals surface area contributed by atoms with Crippen molar-refractivity contribution >= 4 is 37.5 Å². The van der Waals surface area contributed by atoms with E-state index in [1.54, 1.807) is 10.6 Å². The molecule has 0 radical (unpaired) electrons. The molecule has 1 aromatic heterocycles. The molecule has 0 saturated carbocycles. The maximum Gasteiger partial charge on any atom is 0.264 e. The fraction of sp³-hybridized carbons (Fsp3) is 0.214. The molecule has 19 heavy (non-hydrogen) atoms. The molecule has 0 amide bonds. The molecule has 2 aromatic rings. The molecule has 0 aliphatic heterocycles. The summed E-state index contributed by atoms with van der Waals surface area (Å²) in [6.07, 6.45) is 3.65. The average Bonchev–Trinajstić information content (AvgIpc) is 2.37. The summed E-state index contributed by atoms with van der Waals surface area (Å²) in [7, 11) is 0. The van der Waals surface area contributed by atoms with Crippen molar-refractivity contribution in [1.29, 1.82) is 0 Å². The first kappa shape index (κ1) is 14.3. The van der Waals surface area contributed by atoms with Gasteiger partial charge >= 0.3 is 0 Å². The standard InChI is InChI=1S/C14H14Br2N2O/c15-11-8-13(16)14(19)18(9-11)7-1-2-10-3-5-12(17)6-4-10/h3-6,8-9H,1-2,7,17H2. The second kappa shape index (κ2) is 6.39. The first-order valence-corrected chi connectivity index (χ1v) is 7.55. The van der Waals surface area contributed by atoms with E-state index in [2.05, 4.69) is 31.9 Å². The molecule has 5 heteroatoms. The molecule has 0 unspecified atom stereocenters. The van der Waals surface area contributed by atoms with Gasteiger partial charge < -0.3 is 10.3 Å². The number of aromatic nitrogens is 1. The lowest BCUT2D eigenvalue weighted by atomic mass is 10.1. The molecule has 1 heterocycles. The maximum atomic E-state index is 11.9. The Morgan fingerprint density at radius 3 is 2.53 bits per heavy atom. The van der Waals surface area contributed by atoms with Crippen LogP contribution < -0.4 is 11.3 Å². The smallest absolute Gasteiger partial charge is 0.264 e. The molecular formula is C14H14Br2N2O. The van der Waals surface area contributed by atoms with Crippen molar-refractivity contribution in [3.05, 3.63) is 61.4 Å². The van der Waals surface area contributed by atoms with Crippen molar-refractivity contribution < 1.29 is 0 Å². The van der Waals surface area contributed by atoms with E-state index in [4.69, 9.17) is 5.73 Å². The zero-order chi connectivity index (χ0) is 13.8. The van der Waals surface area contributed by atoms with Crippen LogP contribution in [0.25, 0.3) is 0 Å². The van der Waals surface area contributed by atoms with Crippen LogP contribution >= 0.6 is 31.9 Å². The average molecular weight is 386 g/mol. The fourth-order valence-electron chi connectivity index (χ4n) is 1.87. The Morgan fingerprint density at radius 2 is 1.84 bits per heavy atom. The SMILES string of the molecule is Nc1ccc(CCCn2cc(Br)cc(Br)c2=O)cc1. The second-order valence-electron chi connectivity index (χ2n) is 4.35. The van der Waals surface area contributed by atoms with Crippen LogP contribution in [-0.2, 0) is 13.0 Å². The molecule has 2 N–H and O–H groups in total. The summed E-state index contributed by atoms with van der Waals surface area (Å²) in [5.74, 6) is 0. The van der Waals surface area contributed by atoms with E-state index in [9.17, 15) is 4.79 Å². The summed E-state index contributed by atoms with van der Waals surface area (Å²) >= 11 is 6.65. The van der Waals surface area contributed by atoms with Gasteiger partial charge in [0.1, 0.15) is 0 Å². The van der Waals surface area contributed by atoms with E-state index >= 15 is 0 Å². The van der Waals surface area contributed by atoms with Gasteiger partial charge in [-0.3, -0.25) is 4.79 Å². The molecule has 0 spiro atoms. The first-order chi connectivity index (χ1) is 9.06. The van der Waals surface area contributed by atoms with Crippen LogP contribution in [0.4, 0.5) is 5.69 Å². The van der Waals surface area contributed by atoms with Crippen LogP contribution in [0.2, 0.25) is 0 Å². The van der Waals surface area contributed by atoms with Crippen LogP contribution in [0.5, 0.6) is 0 Å². The van der Waals surface area contributed by atoms with Crippen LogP contribution in [0.15, 0.2) is 50.3 Å². The summed E-state index contributed by atoms with van der Waals surface area (Å²) in [6.45, 7) is 0.696. The Hall–Kier alpha value is -1.07. The molecule has 0 saturated heterocycles. The highest BCUT2D eigenvalue weighted by molar-refractivity contribution is 9.11. The predicted molar refractivity (Wildman–Crippen MR) is 85.3 cm³/mol. The quantitative estimate of drug-likeness (QED) is 0.817. The minimum atomic E-state index is 0.000469. The van der Waals surface area contributed by atoms with Gasteiger partial charge in [-0.1, -0.05) is 12.1 Å². The highest BCUT2D eigenvalue weighted by Crippen LogP contribution is 2.13. The maximum absolute atomic E-state index is 11.9. The summed E-state index contributed by atoms with van der Waals surface area (Å²) < 4.78 is 3.19. The minimum absolute atomic E-state index is 0.000469. The zero-order valence-corrected chi connectivity index (χ0v) is 13.4. The van der Waals surface area contributed by atoms with Crippen LogP contribution in [-0.4, -0.2) is 4.57 Å². The summed E-state index contributed by atoms with van der Waals surface area (Å²) in [5, 5.41) is 0. The Morgan fingerprint density at radius 1 is 1.16 bits per heavy atom. The number of nitrogens with zero attached hydrogens (tertiary/aromatic N) is 1. The third-order valence-electron chi connectivity index (χ3n) is 2.85. The van der Waals surface area contributed by atoms with Crippen molar-refractivity contribution in [2.75, 3.05) is 5.73 Å². The number of hydrogen-bond donors (Lipinski definition) is 1. The van der Waals surface area contributed by atoms with Gasteiger partial charge in [-0.25, -0.2) is 0 Å². The molecule has 0 atom stereocenters. The number of halogens is 2. The third kappa shape index (κ3) is 3.94. The van der Waals surface area contributed by atoms with E-state index in [1.165, 1.54) is 5.56 Å². The van der Waals surface area contributed by atoms with Gasteiger partial charge in [0, 0.05) is 22.9 Å². The van der Waals surface area contributed by atoms with Crippen molar-refractivity contribution in [3.8, 4) is 0 Å². The first-order valence-electron chi connectivity index (χ1n) is 5.96. The van der Waals surface area contributed by atoms with Gasteiger partial charge in [0.2, 0.25) is 0 Å². The fourth-order valence-corrected chi connectivity index (χ4v) is 3.13. The van der Waals surface area contributed by atoms with Gasteiger partial charge in [-0.05, 0) is 68.5 Å². The lowest BCUT2D eigenvalue weighted by Gasteiger charge is -2.07. The molecular weight excluding hydrogens is 372 g/mol. The number of hydrogen-bond acceptors (Lipinski definition) is 2. The van der Waals surface area contributed by atoms with Crippen molar-refractivity contribution in [2.24, 2.45) is 0 Å². The zero-order valence-electron chi connectivity index (χ0n) is 10.3. The van der Waals surface area contributed by atoms with Crippen LogP contribution in [0, 0.1) is 0 Å². The molecule has 0 fully saturated rings. The van der Waals surface area contributed by atoms with Gasteiger partial charge in [-0.2, -0.15) is 0 Å². The topological polar surface area (TPSA) is 48.0 Å². The number of pyridine rings is 1. The van der Waals surface area contributed by atoms with Crippen molar-refractivity contribution in [2.45, 2.75) is 19.4 Å². The Kier molecular flexibility index (Phi) is 4.82. The van der Waals surface area contributed by atoms with E-state index in [0.29, 0.717) is 11.0 Å². The highest BCUT2D eigenvalue weighted by atomic mass is 79.9. The van der Waals surface area contributed by atoms with Gasteiger partial charge in [0.15, 0.2) is 0 Å². The van der Waals surface area contributed by atoms with E-state index in [-0.39, 0.29) is 5.56 Å². The molecule has 3 nitrogen and oxygen atoms in total. The predicted octanol–water partition coefficient (Wildman–Crippen LogP) is 3.59. The van der Waals surface area contributed by atoms with Gasteiger partial charge in [0.25, 0.3) is 5.56 Å². The lowest BCUT2D eigenvalue weighted by molar-refractivity contribution is 0.619. The number of rotatable bonds is 4. The number of benzene rings is 1. The number of aryl methyl sites for hydroxylation is 2. The molecule has 0 bridgehead atoms. The number of nitrogen functional groups attached to an aromatic ring is 1.